The summed E-state index contributed by atoms with van der Waals surface area (Å²) in [6, 6.07) is 7.96. The van der Waals surface area contributed by atoms with Gasteiger partial charge in [-0.15, -0.1) is 10.2 Å². The molecule has 0 N–H and O–H groups in total. The Morgan fingerprint density at radius 1 is 0.710 bits per heavy atom. The molecule has 1 rings (SSSR count). The third-order valence-electron chi connectivity index (χ3n) is 3.71. The molecular weight excluding hydrogens is 456 g/mol. The molecular formula is C18H20N8O2S3. The monoisotopic (exact) mass is 476 g/mol. The van der Waals surface area contributed by atoms with Crippen molar-refractivity contribution in [1.29, 1.82) is 21.0 Å². The molecule has 0 radical (unpaired) electrons. The van der Waals surface area contributed by atoms with Crippen molar-refractivity contribution in [2.75, 3.05) is 37.7 Å². The van der Waals surface area contributed by atoms with E-state index >= 15 is 0 Å². The van der Waals surface area contributed by atoms with Crippen molar-refractivity contribution in [1.82, 2.24) is 20.0 Å². The minimum Gasteiger partial charge on any atom is -0.340 e. The van der Waals surface area contributed by atoms with Gasteiger partial charge in [0.15, 0.2) is 8.68 Å². The maximum Gasteiger partial charge on any atom is 0.233 e. The van der Waals surface area contributed by atoms with Crippen molar-refractivity contribution in [2.24, 2.45) is 0 Å². The Kier molecular flexibility index (Phi) is 13.5. The van der Waals surface area contributed by atoms with Crippen LogP contribution < -0.4 is 0 Å². The minimum atomic E-state index is -0.180. The van der Waals surface area contributed by atoms with Gasteiger partial charge in [0, 0.05) is 26.2 Å². The van der Waals surface area contributed by atoms with Gasteiger partial charge in [0.1, 0.15) is 0 Å². The fourth-order valence-electron chi connectivity index (χ4n) is 2.21. The van der Waals surface area contributed by atoms with Gasteiger partial charge in [0.05, 0.1) is 61.5 Å². The van der Waals surface area contributed by atoms with E-state index in [0.29, 0.717) is 8.68 Å². The predicted octanol–water partition coefficient (Wildman–Crippen LogP) is 2.03. The van der Waals surface area contributed by atoms with Crippen molar-refractivity contribution in [3.8, 4) is 24.3 Å². The molecule has 31 heavy (non-hydrogen) atoms. The SMILES string of the molecule is N#CCCN(CCC#N)C(=O)CSc1nnc(SCC(=O)N(CCC#N)CCC#N)s1. The summed E-state index contributed by atoms with van der Waals surface area (Å²) in [6.45, 7) is 1.13. The van der Waals surface area contributed by atoms with E-state index in [0.717, 1.165) is 0 Å². The van der Waals surface area contributed by atoms with Gasteiger partial charge in [-0.25, -0.2) is 0 Å². The number of nitriles is 4. The van der Waals surface area contributed by atoms with E-state index in [2.05, 4.69) is 10.2 Å². The minimum absolute atomic E-state index is 0.116. The average molecular weight is 477 g/mol. The largest absolute Gasteiger partial charge is 0.340 e. The quantitative estimate of drug-likeness (QED) is 0.363. The van der Waals surface area contributed by atoms with Gasteiger partial charge in [-0.1, -0.05) is 34.9 Å². The maximum atomic E-state index is 12.3. The first-order valence-corrected chi connectivity index (χ1v) is 12.0. The lowest BCUT2D eigenvalue weighted by molar-refractivity contribution is -0.129. The van der Waals surface area contributed by atoms with Crippen LogP contribution in [0.2, 0.25) is 0 Å². The van der Waals surface area contributed by atoms with Crippen LogP contribution in [0.15, 0.2) is 8.68 Å². The van der Waals surface area contributed by atoms with E-state index in [1.54, 1.807) is 0 Å². The van der Waals surface area contributed by atoms with Gasteiger partial charge in [0.25, 0.3) is 0 Å². The molecule has 10 nitrogen and oxygen atoms in total. The standard InChI is InChI=1S/C18H20N8O2S3/c19-5-1-9-25(10-2-6-20)15(27)13-29-17-23-24-18(31-17)30-14-16(28)26(11-3-7-21)12-4-8-22/h1-4,9-14H2. The molecule has 2 amide bonds. The fraction of sp³-hybridized carbons (Fsp3) is 0.556. The van der Waals surface area contributed by atoms with E-state index in [1.165, 1.54) is 44.7 Å². The molecule has 0 saturated carbocycles. The van der Waals surface area contributed by atoms with E-state index in [-0.39, 0.29) is 75.2 Å². The Balaban J connectivity index is 2.53. The zero-order valence-corrected chi connectivity index (χ0v) is 19.1. The molecule has 0 atom stereocenters. The smallest absolute Gasteiger partial charge is 0.233 e. The third-order valence-corrected chi connectivity index (χ3v) is 6.87. The zero-order valence-electron chi connectivity index (χ0n) is 16.7. The Labute approximate surface area is 193 Å². The first-order valence-electron chi connectivity index (χ1n) is 9.18. The predicted molar refractivity (Wildman–Crippen MR) is 115 cm³/mol. The normalized spacial score (nSPS) is 9.68. The lowest BCUT2D eigenvalue weighted by Crippen LogP contribution is -2.34. The Morgan fingerprint density at radius 2 is 1.03 bits per heavy atom. The van der Waals surface area contributed by atoms with Crippen LogP contribution in [0.3, 0.4) is 0 Å². The van der Waals surface area contributed by atoms with Crippen LogP contribution in [-0.4, -0.2) is 69.5 Å². The Bertz CT molecular complexity index is 787. The molecule has 0 spiro atoms. The highest BCUT2D eigenvalue weighted by atomic mass is 32.2. The van der Waals surface area contributed by atoms with Crippen molar-refractivity contribution in [3.05, 3.63) is 0 Å². The molecule has 0 saturated heterocycles. The van der Waals surface area contributed by atoms with Crippen molar-refractivity contribution in [3.63, 3.8) is 0 Å². The zero-order chi connectivity index (χ0) is 22.9. The van der Waals surface area contributed by atoms with E-state index in [9.17, 15) is 9.59 Å². The molecule has 0 unspecified atom stereocenters. The molecule has 13 heteroatoms. The molecule has 0 bridgehead atoms. The summed E-state index contributed by atoms with van der Waals surface area (Å²) < 4.78 is 1.16. The number of aromatic nitrogens is 2. The number of hydrogen-bond donors (Lipinski definition) is 0. The van der Waals surface area contributed by atoms with E-state index < -0.39 is 0 Å². The van der Waals surface area contributed by atoms with Gasteiger partial charge in [-0.05, 0) is 0 Å². The molecule has 0 aromatic carbocycles. The second kappa shape index (κ2) is 15.9. The van der Waals surface area contributed by atoms with Crippen LogP contribution in [-0.2, 0) is 9.59 Å². The maximum absolute atomic E-state index is 12.3. The summed E-state index contributed by atoms with van der Waals surface area (Å²) >= 11 is 3.69. The number of carbonyl (C=O) groups excluding carboxylic acids is 2. The fourth-order valence-corrected chi connectivity index (χ4v) is 5.03. The highest BCUT2D eigenvalue weighted by Crippen LogP contribution is 2.29. The number of hydrogen-bond acceptors (Lipinski definition) is 11. The van der Waals surface area contributed by atoms with Crippen molar-refractivity contribution >= 4 is 46.7 Å². The van der Waals surface area contributed by atoms with Crippen LogP contribution in [0.5, 0.6) is 0 Å². The van der Waals surface area contributed by atoms with E-state index in [1.807, 2.05) is 24.3 Å². The summed E-state index contributed by atoms with van der Waals surface area (Å²) in [4.78, 5) is 27.7. The van der Waals surface area contributed by atoms with Gasteiger partial charge >= 0.3 is 0 Å². The lowest BCUT2D eigenvalue weighted by Gasteiger charge is -2.19. The summed E-state index contributed by atoms with van der Waals surface area (Å²) in [5, 5.41) is 42.9. The van der Waals surface area contributed by atoms with Gasteiger partial charge in [0.2, 0.25) is 11.8 Å². The molecule has 0 aliphatic carbocycles. The average Bonchev–Trinajstić information content (AvgIpc) is 3.24. The number of nitrogens with zero attached hydrogens (tertiary/aromatic N) is 8. The number of carbonyl (C=O) groups is 2. The summed E-state index contributed by atoms with van der Waals surface area (Å²) in [5.41, 5.74) is 0. The van der Waals surface area contributed by atoms with Crippen molar-refractivity contribution in [2.45, 2.75) is 34.4 Å². The van der Waals surface area contributed by atoms with Crippen LogP contribution in [0, 0.1) is 45.3 Å². The van der Waals surface area contributed by atoms with E-state index in [4.69, 9.17) is 21.0 Å². The highest BCUT2D eigenvalue weighted by Gasteiger charge is 2.17. The van der Waals surface area contributed by atoms with Gasteiger partial charge in [-0.3, -0.25) is 9.59 Å². The second-order valence-corrected chi connectivity index (χ2v) is 9.23. The van der Waals surface area contributed by atoms with Crippen LogP contribution in [0.25, 0.3) is 0 Å². The van der Waals surface area contributed by atoms with Crippen LogP contribution in [0.1, 0.15) is 25.7 Å². The molecule has 0 fully saturated rings. The highest BCUT2D eigenvalue weighted by molar-refractivity contribution is 8.03. The molecule has 1 heterocycles. The third kappa shape index (κ3) is 10.7. The topological polar surface area (TPSA) is 162 Å². The number of rotatable bonds is 14. The second-order valence-electron chi connectivity index (χ2n) is 5.81. The molecule has 0 aliphatic heterocycles. The molecule has 1 aromatic rings. The van der Waals surface area contributed by atoms with Gasteiger partial charge < -0.3 is 9.80 Å². The summed E-state index contributed by atoms with van der Waals surface area (Å²) in [6.07, 6.45) is 0.814. The molecule has 162 valence electrons. The van der Waals surface area contributed by atoms with Crippen LogP contribution >= 0.6 is 34.9 Å². The first kappa shape index (κ1) is 26.2. The molecule has 1 aromatic heterocycles. The number of amides is 2. The van der Waals surface area contributed by atoms with Gasteiger partial charge in [-0.2, -0.15) is 21.0 Å². The molecule has 0 aliphatic rings. The Hall–Kier alpha value is -2.84. The van der Waals surface area contributed by atoms with Crippen molar-refractivity contribution < 1.29 is 9.59 Å². The van der Waals surface area contributed by atoms with Crippen LogP contribution in [0.4, 0.5) is 0 Å². The number of thioether (sulfide) groups is 2. The summed E-state index contributed by atoms with van der Waals surface area (Å²) in [5.74, 6) is -0.127. The Morgan fingerprint density at radius 3 is 1.32 bits per heavy atom. The lowest BCUT2D eigenvalue weighted by atomic mass is 10.3. The summed E-state index contributed by atoms with van der Waals surface area (Å²) in [7, 11) is 0. The first-order chi connectivity index (χ1) is 15.0.